The SMILES string of the molecule is CNC1C(N(CC(C)C)C(C)C)CCC1(C)C. The molecule has 17 heavy (non-hydrogen) atoms. The van der Waals surface area contributed by atoms with Gasteiger partial charge >= 0.3 is 0 Å². The van der Waals surface area contributed by atoms with E-state index in [1.165, 1.54) is 19.4 Å². The summed E-state index contributed by atoms with van der Waals surface area (Å²) >= 11 is 0. The van der Waals surface area contributed by atoms with Crippen LogP contribution in [0.1, 0.15) is 54.4 Å². The van der Waals surface area contributed by atoms with E-state index in [2.05, 4.69) is 58.8 Å². The molecule has 1 fully saturated rings. The first-order chi connectivity index (χ1) is 7.79. The number of likely N-dealkylation sites (N-methyl/N-ethyl adjacent to an activating group) is 1. The van der Waals surface area contributed by atoms with Crippen LogP contribution in [0, 0.1) is 11.3 Å². The summed E-state index contributed by atoms with van der Waals surface area (Å²) in [4.78, 5) is 2.71. The average molecular weight is 240 g/mol. The highest BCUT2D eigenvalue weighted by Crippen LogP contribution is 2.40. The van der Waals surface area contributed by atoms with E-state index in [9.17, 15) is 0 Å². The third-order valence-corrected chi connectivity index (χ3v) is 4.29. The minimum atomic E-state index is 0.434. The van der Waals surface area contributed by atoms with Crippen molar-refractivity contribution in [3.63, 3.8) is 0 Å². The summed E-state index contributed by atoms with van der Waals surface area (Å²) in [5, 5.41) is 3.57. The second-order valence-corrected chi connectivity index (χ2v) is 7.05. The Kier molecular flexibility index (Phi) is 5.03. The summed E-state index contributed by atoms with van der Waals surface area (Å²) < 4.78 is 0. The van der Waals surface area contributed by atoms with E-state index in [0.717, 1.165) is 5.92 Å². The number of hydrogen-bond acceptors (Lipinski definition) is 2. The van der Waals surface area contributed by atoms with Crippen LogP contribution in [0.5, 0.6) is 0 Å². The van der Waals surface area contributed by atoms with Crippen LogP contribution in [0.2, 0.25) is 0 Å². The topological polar surface area (TPSA) is 15.3 Å². The van der Waals surface area contributed by atoms with Gasteiger partial charge in [-0.3, -0.25) is 4.90 Å². The lowest BCUT2D eigenvalue weighted by molar-refractivity contribution is 0.103. The summed E-state index contributed by atoms with van der Waals surface area (Å²) in [7, 11) is 2.12. The second kappa shape index (κ2) is 5.71. The van der Waals surface area contributed by atoms with Gasteiger partial charge in [0.15, 0.2) is 0 Å². The van der Waals surface area contributed by atoms with Crippen molar-refractivity contribution in [3.8, 4) is 0 Å². The molecule has 1 rings (SSSR count). The number of nitrogens with one attached hydrogen (secondary N) is 1. The summed E-state index contributed by atoms with van der Waals surface area (Å²) in [6.45, 7) is 15.3. The molecule has 1 saturated carbocycles. The molecule has 0 aromatic carbocycles. The Hall–Kier alpha value is -0.0800. The van der Waals surface area contributed by atoms with Crippen molar-refractivity contribution < 1.29 is 0 Å². The minimum absolute atomic E-state index is 0.434. The highest BCUT2D eigenvalue weighted by atomic mass is 15.2. The minimum Gasteiger partial charge on any atom is -0.315 e. The maximum absolute atomic E-state index is 3.57. The maximum Gasteiger partial charge on any atom is 0.0271 e. The molecule has 0 saturated heterocycles. The maximum atomic E-state index is 3.57. The van der Waals surface area contributed by atoms with Crippen molar-refractivity contribution in [2.75, 3.05) is 13.6 Å². The molecule has 2 heteroatoms. The molecule has 0 aromatic rings. The molecule has 102 valence electrons. The molecule has 0 aromatic heterocycles. The van der Waals surface area contributed by atoms with Gasteiger partial charge in [0.1, 0.15) is 0 Å². The van der Waals surface area contributed by atoms with E-state index >= 15 is 0 Å². The van der Waals surface area contributed by atoms with E-state index in [1.807, 2.05) is 0 Å². The highest BCUT2D eigenvalue weighted by molar-refractivity contribution is 5.01. The molecule has 2 atom stereocenters. The monoisotopic (exact) mass is 240 g/mol. The van der Waals surface area contributed by atoms with Gasteiger partial charge in [0, 0.05) is 24.7 Å². The molecule has 0 radical (unpaired) electrons. The van der Waals surface area contributed by atoms with Crippen LogP contribution >= 0.6 is 0 Å². The van der Waals surface area contributed by atoms with Crippen LogP contribution < -0.4 is 5.32 Å². The van der Waals surface area contributed by atoms with Crippen LogP contribution in [0.3, 0.4) is 0 Å². The third-order valence-electron chi connectivity index (χ3n) is 4.29. The zero-order valence-electron chi connectivity index (χ0n) is 12.9. The largest absolute Gasteiger partial charge is 0.315 e. The van der Waals surface area contributed by atoms with Crippen molar-refractivity contribution in [2.24, 2.45) is 11.3 Å². The molecule has 2 nitrogen and oxygen atoms in total. The molecule has 1 N–H and O–H groups in total. The van der Waals surface area contributed by atoms with Gasteiger partial charge in [-0.1, -0.05) is 27.7 Å². The molecule has 0 amide bonds. The fourth-order valence-electron chi connectivity index (χ4n) is 3.45. The lowest BCUT2D eigenvalue weighted by Gasteiger charge is -2.40. The molecule has 0 aliphatic heterocycles. The molecule has 0 spiro atoms. The highest BCUT2D eigenvalue weighted by Gasteiger charge is 2.43. The van der Waals surface area contributed by atoms with Crippen LogP contribution in [-0.2, 0) is 0 Å². The lowest BCUT2D eigenvalue weighted by Crippen LogP contribution is -2.53. The quantitative estimate of drug-likeness (QED) is 0.794. The van der Waals surface area contributed by atoms with E-state index in [-0.39, 0.29) is 0 Å². The molecule has 2 unspecified atom stereocenters. The van der Waals surface area contributed by atoms with Crippen molar-refractivity contribution in [1.29, 1.82) is 0 Å². The van der Waals surface area contributed by atoms with Gasteiger partial charge < -0.3 is 5.32 Å². The van der Waals surface area contributed by atoms with Gasteiger partial charge in [0.2, 0.25) is 0 Å². The van der Waals surface area contributed by atoms with Crippen molar-refractivity contribution in [2.45, 2.75) is 72.5 Å². The Balaban J connectivity index is 2.81. The van der Waals surface area contributed by atoms with E-state index < -0.39 is 0 Å². The van der Waals surface area contributed by atoms with Crippen LogP contribution in [0.15, 0.2) is 0 Å². The van der Waals surface area contributed by atoms with E-state index in [4.69, 9.17) is 0 Å². The standard InChI is InChI=1S/C15H32N2/c1-11(2)10-17(12(3)4)13-8-9-15(5,6)14(13)16-7/h11-14,16H,8-10H2,1-7H3. The van der Waals surface area contributed by atoms with E-state index in [0.29, 0.717) is 23.5 Å². The second-order valence-electron chi connectivity index (χ2n) is 7.05. The fraction of sp³-hybridized carbons (Fsp3) is 1.00. The molecule has 0 bridgehead atoms. The zero-order chi connectivity index (χ0) is 13.2. The zero-order valence-corrected chi connectivity index (χ0v) is 12.9. The van der Waals surface area contributed by atoms with E-state index in [1.54, 1.807) is 0 Å². The van der Waals surface area contributed by atoms with Gasteiger partial charge in [0.05, 0.1) is 0 Å². The van der Waals surface area contributed by atoms with Crippen LogP contribution in [0.4, 0.5) is 0 Å². The first kappa shape index (κ1) is 15.0. The van der Waals surface area contributed by atoms with Crippen LogP contribution in [-0.4, -0.2) is 36.6 Å². The van der Waals surface area contributed by atoms with Gasteiger partial charge in [-0.25, -0.2) is 0 Å². The Labute approximate surface area is 108 Å². The van der Waals surface area contributed by atoms with Gasteiger partial charge in [-0.2, -0.15) is 0 Å². The smallest absolute Gasteiger partial charge is 0.0271 e. The Morgan fingerprint density at radius 2 is 1.82 bits per heavy atom. The summed E-state index contributed by atoms with van der Waals surface area (Å²) in [5.74, 6) is 0.749. The predicted octanol–water partition coefficient (Wildman–Crippen LogP) is 3.13. The summed E-state index contributed by atoms with van der Waals surface area (Å²) in [6, 6.07) is 1.98. The first-order valence-electron chi connectivity index (χ1n) is 7.22. The molecule has 0 heterocycles. The fourth-order valence-corrected chi connectivity index (χ4v) is 3.45. The molecular weight excluding hydrogens is 208 g/mol. The lowest BCUT2D eigenvalue weighted by atomic mass is 9.86. The Bertz CT molecular complexity index is 233. The summed E-state index contributed by atoms with van der Waals surface area (Å²) in [6.07, 6.45) is 2.67. The third kappa shape index (κ3) is 3.45. The van der Waals surface area contributed by atoms with Crippen LogP contribution in [0.25, 0.3) is 0 Å². The average Bonchev–Trinajstić information content (AvgIpc) is 2.49. The molecule has 1 aliphatic rings. The molecule has 1 aliphatic carbocycles. The number of nitrogens with zero attached hydrogens (tertiary/aromatic N) is 1. The van der Waals surface area contributed by atoms with Gasteiger partial charge in [-0.15, -0.1) is 0 Å². The first-order valence-corrected chi connectivity index (χ1v) is 7.22. The van der Waals surface area contributed by atoms with Gasteiger partial charge in [-0.05, 0) is 45.1 Å². The van der Waals surface area contributed by atoms with Crippen molar-refractivity contribution in [3.05, 3.63) is 0 Å². The number of hydrogen-bond donors (Lipinski definition) is 1. The Morgan fingerprint density at radius 3 is 2.24 bits per heavy atom. The van der Waals surface area contributed by atoms with Gasteiger partial charge in [0.25, 0.3) is 0 Å². The number of rotatable bonds is 5. The van der Waals surface area contributed by atoms with Crippen molar-refractivity contribution >= 4 is 0 Å². The summed E-state index contributed by atoms with van der Waals surface area (Å²) in [5.41, 5.74) is 0.434. The van der Waals surface area contributed by atoms with Crippen molar-refractivity contribution in [1.82, 2.24) is 10.2 Å². The molecular formula is C15H32N2. The normalized spacial score (nSPS) is 28.6. The predicted molar refractivity (Wildman–Crippen MR) is 76.3 cm³/mol. The Morgan fingerprint density at radius 1 is 1.24 bits per heavy atom.